The molecule has 3 rings (SSSR count). The highest BCUT2D eigenvalue weighted by molar-refractivity contribution is 5.10. The molecule has 1 aliphatic heterocycles. The molecule has 0 N–H and O–H groups in total. The molecule has 90 valence electrons. The van der Waals surface area contributed by atoms with Crippen LogP contribution in [-0.4, -0.2) is 26.4 Å². The SMILES string of the molecule is CCC1(COCC2CC3C=CC2C3)COC1. The fourth-order valence-corrected chi connectivity index (χ4v) is 3.29. The Balaban J connectivity index is 1.42. The first kappa shape index (κ1) is 10.8. The van der Waals surface area contributed by atoms with Gasteiger partial charge in [-0.05, 0) is 37.0 Å². The first-order valence-corrected chi connectivity index (χ1v) is 6.65. The van der Waals surface area contributed by atoms with E-state index in [2.05, 4.69) is 19.1 Å². The van der Waals surface area contributed by atoms with Gasteiger partial charge in [-0.1, -0.05) is 19.1 Å². The van der Waals surface area contributed by atoms with Crippen LogP contribution in [0.25, 0.3) is 0 Å². The van der Waals surface area contributed by atoms with Crippen molar-refractivity contribution in [3.05, 3.63) is 12.2 Å². The van der Waals surface area contributed by atoms with Crippen molar-refractivity contribution >= 4 is 0 Å². The van der Waals surface area contributed by atoms with E-state index in [0.29, 0.717) is 5.41 Å². The van der Waals surface area contributed by atoms with E-state index in [0.717, 1.165) is 44.2 Å². The molecule has 2 heteroatoms. The minimum atomic E-state index is 0.355. The molecular weight excluding hydrogens is 200 g/mol. The second-order valence-electron chi connectivity index (χ2n) is 5.90. The van der Waals surface area contributed by atoms with Crippen molar-refractivity contribution in [1.29, 1.82) is 0 Å². The van der Waals surface area contributed by atoms with Gasteiger partial charge in [0.15, 0.2) is 0 Å². The summed E-state index contributed by atoms with van der Waals surface area (Å²) in [6.45, 7) is 5.92. The Morgan fingerprint density at radius 3 is 2.69 bits per heavy atom. The lowest BCUT2D eigenvalue weighted by molar-refractivity contribution is -0.153. The summed E-state index contributed by atoms with van der Waals surface area (Å²) in [4.78, 5) is 0. The smallest absolute Gasteiger partial charge is 0.0566 e. The Morgan fingerprint density at radius 1 is 1.31 bits per heavy atom. The molecule has 0 aromatic heterocycles. The van der Waals surface area contributed by atoms with Gasteiger partial charge in [-0.25, -0.2) is 0 Å². The van der Waals surface area contributed by atoms with Crippen molar-refractivity contribution in [3.63, 3.8) is 0 Å². The van der Waals surface area contributed by atoms with Crippen molar-refractivity contribution < 1.29 is 9.47 Å². The van der Waals surface area contributed by atoms with Gasteiger partial charge in [0.2, 0.25) is 0 Å². The van der Waals surface area contributed by atoms with Crippen LogP contribution in [0.15, 0.2) is 12.2 Å². The molecule has 0 spiro atoms. The molecule has 0 aromatic rings. The molecule has 0 aromatic carbocycles. The van der Waals surface area contributed by atoms with Crippen molar-refractivity contribution in [2.24, 2.45) is 23.2 Å². The van der Waals surface area contributed by atoms with Crippen LogP contribution < -0.4 is 0 Å². The third-order valence-electron chi connectivity index (χ3n) is 4.72. The molecule has 1 heterocycles. The van der Waals surface area contributed by atoms with Crippen LogP contribution in [-0.2, 0) is 9.47 Å². The maximum Gasteiger partial charge on any atom is 0.0566 e. The first-order valence-electron chi connectivity index (χ1n) is 6.65. The Kier molecular flexibility index (Phi) is 2.80. The second-order valence-corrected chi connectivity index (χ2v) is 5.90. The lowest BCUT2D eigenvalue weighted by atomic mass is 9.84. The van der Waals surface area contributed by atoms with Crippen LogP contribution in [0.3, 0.4) is 0 Å². The van der Waals surface area contributed by atoms with Gasteiger partial charge in [-0.15, -0.1) is 0 Å². The van der Waals surface area contributed by atoms with E-state index in [-0.39, 0.29) is 0 Å². The molecular formula is C14H22O2. The van der Waals surface area contributed by atoms with Crippen LogP contribution in [0.1, 0.15) is 26.2 Å². The molecule has 1 saturated heterocycles. The van der Waals surface area contributed by atoms with Crippen molar-refractivity contribution in [2.45, 2.75) is 26.2 Å². The molecule has 1 saturated carbocycles. The van der Waals surface area contributed by atoms with E-state index in [1.807, 2.05) is 0 Å². The number of fused-ring (bicyclic) bond motifs is 2. The predicted molar refractivity (Wildman–Crippen MR) is 63.2 cm³/mol. The summed E-state index contributed by atoms with van der Waals surface area (Å²) in [7, 11) is 0. The third kappa shape index (κ3) is 1.82. The summed E-state index contributed by atoms with van der Waals surface area (Å²) in [6.07, 6.45) is 8.73. The van der Waals surface area contributed by atoms with Crippen molar-refractivity contribution in [2.75, 3.05) is 26.4 Å². The fraction of sp³-hybridized carbons (Fsp3) is 0.857. The molecule has 2 nitrogen and oxygen atoms in total. The van der Waals surface area contributed by atoms with Gasteiger partial charge in [0.05, 0.1) is 19.8 Å². The summed E-state index contributed by atoms with van der Waals surface area (Å²) in [5.41, 5.74) is 0.355. The Bertz CT molecular complexity index is 275. The summed E-state index contributed by atoms with van der Waals surface area (Å²) >= 11 is 0. The lowest BCUT2D eigenvalue weighted by Gasteiger charge is -2.40. The van der Waals surface area contributed by atoms with E-state index >= 15 is 0 Å². The lowest BCUT2D eigenvalue weighted by Crippen LogP contribution is -2.46. The standard InChI is InChI=1S/C14H22O2/c1-2-14(9-16-10-14)8-15-7-13-6-11-3-4-12(13)5-11/h3-4,11-13H,2,5-10H2,1H3. The summed E-state index contributed by atoms with van der Waals surface area (Å²) < 4.78 is 11.3. The van der Waals surface area contributed by atoms with Gasteiger partial charge in [-0.2, -0.15) is 0 Å². The van der Waals surface area contributed by atoms with Crippen LogP contribution >= 0.6 is 0 Å². The summed E-state index contributed by atoms with van der Waals surface area (Å²) in [5.74, 6) is 2.48. The average Bonchev–Trinajstić information content (AvgIpc) is 2.83. The molecule has 3 atom stereocenters. The van der Waals surface area contributed by atoms with E-state index in [1.54, 1.807) is 0 Å². The van der Waals surface area contributed by atoms with Gasteiger partial charge >= 0.3 is 0 Å². The van der Waals surface area contributed by atoms with E-state index in [4.69, 9.17) is 9.47 Å². The molecule has 2 aliphatic carbocycles. The van der Waals surface area contributed by atoms with Gasteiger partial charge < -0.3 is 9.47 Å². The topological polar surface area (TPSA) is 18.5 Å². The van der Waals surface area contributed by atoms with Gasteiger partial charge in [0.1, 0.15) is 0 Å². The fourth-order valence-electron chi connectivity index (χ4n) is 3.29. The molecule has 0 amide bonds. The molecule has 3 unspecified atom stereocenters. The Morgan fingerprint density at radius 2 is 2.19 bits per heavy atom. The predicted octanol–water partition coefficient (Wildman–Crippen LogP) is 2.64. The van der Waals surface area contributed by atoms with Crippen LogP contribution in [0.5, 0.6) is 0 Å². The summed E-state index contributed by atoms with van der Waals surface area (Å²) in [5, 5.41) is 0. The number of rotatable bonds is 5. The number of allylic oxidation sites excluding steroid dienone is 2. The highest BCUT2D eigenvalue weighted by atomic mass is 16.5. The third-order valence-corrected chi connectivity index (χ3v) is 4.72. The molecule has 16 heavy (non-hydrogen) atoms. The first-order chi connectivity index (χ1) is 7.81. The maximum atomic E-state index is 5.95. The number of hydrogen-bond donors (Lipinski definition) is 0. The number of hydrogen-bond acceptors (Lipinski definition) is 2. The highest BCUT2D eigenvalue weighted by Crippen LogP contribution is 2.43. The van der Waals surface area contributed by atoms with Gasteiger partial charge in [-0.3, -0.25) is 0 Å². The molecule has 3 aliphatic rings. The highest BCUT2D eigenvalue weighted by Gasteiger charge is 2.39. The quantitative estimate of drug-likeness (QED) is 0.666. The van der Waals surface area contributed by atoms with Crippen LogP contribution in [0.2, 0.25) is 0 Å². The zero-order valence-corrected chi connectivity index (χ0v) is 10.2. The Labute approximate surface area is 98.0 Å². The summed E-state index contributed by atoms with van der Waals surface area (Å²) in [6, 6.07) is 0. The van der Waals surface area contributed by atoms with Gasteiger partial charge in [0, 0.05) is 12.0 Å². The largest absolute Gasteiger partial charge is 0.380 e. The minimum Gasteiger partial charge on any atom is -0.380 e. The van der Waals surface area contributed by atoms with Crippen LogP contribution in [0, 0.1) is 23.2 Å². The Hall–Kier alpha value is -0.340. The van der Waals surface area contributed by atoms with Crippen molar-refractivity contribution in [1.82, 2.24) is 0 Å². The normalized spacial score (nSPS) is 38.9. The molecule has 2 fully saturated rings. The second kappa shape index (κ2) is 4.15. The van der Waals surface area contributed by atoms with Gasteiger partial charge in [0.25, 0.3) is 0 Å². The average molecular weight is 222 g/mol. The number of ether oxygens (including phenoxy) is 2. The van der Waals surface area contributed by atoms with Crippen LogP contribution in [0.4, 0.5) is 0 Å². The van der Waals surface area contributed by atoms with E-state index in [1.165, 1.54) is 19.3 Å². The van der Waals surface area contributed by atoms with E-state index < -0.39 is 0 Å². The zero-order valence-electron chi connectivity index (χ0n) is 10.2. The molecule has 0 radical (unpaired) electrons. The van der Waals surface area contributed by atoms with Crippen molar-refractivity contribution in [3.8, 4) is 0 Å². The maximum absolute atomic E-state index is 5.95. The zero-order chi connectivity index (χ0) is 11.0. The monoisotopic (exact) mass is 222 g/mol. The van der Waals surface area contributed by atoms with E-state index in [9.17, 15) is 0 Å². The minimum absolute atomic E-state index is 0.355. The molecule has 2 bridgehead atoms.